The lowest BCUT2D eigenvalue weighted by atomic mass is 10.0. The van der Waals surface area contributed by atoms with Gasteiger partial charge in [0, 0.05) is 26.6 Å². The molecule has 1 aromatic carbocycles. The van der Waals surface area contributed by atoms with Crippen LogP contribution in [0.5, 0.6) is 0 Å². The van der Waals surface area contributed by atoms with Gasteiger partial charge in [-0.15, -0.1) is 0 Å². The number of nitrogens with zero attached hydrogens (tertiary/aromatic N) is 1. The number of rotatable bonds is 3. The second-order valence-electron chi connectivity index (χ2n) is 4.37. The molecule has 6 nitrogen and oxygen atoms in total. The normalized spacial score (nSPS) is 12.6. The summed E-state index contributed by atoms with van der Waals surface area (Å²) in [6.45, 7) is 0. The molecule has 96 valence electrons. The first kappa shape index (κ1) is 12.4. The molecular formula is C12H15N3O3. The van der Waals surface area contributed by atoms with Gasteiger partial charge in [-0.1, -0.05) is 6.07 Å². The van der Waals surface area contributed by atoms with Crippen LogP contribution in [0.2, 0.25) is 0 Å². The van der Waals surface area contributed by atoms with Crippen molar-refractivity contribution in [2.75, 3.05) is 14.1 Å². The minimum atomic E-state index is -0.500. The summed E-state index contributed by atoms with van der Waals surface area (Å²) in [6, 6.07) is 4.76. The van der Waals surface area contributed by atoms with Gasteiger partial charge in [-0.25, -0.2) is 4.79 Å². The van der Waals surface area contributed by atoms with Crippen LogP contribution >= 0.6 is 0 Å². The molecule has 0 spiro atoms. The lowest BCUT2D eigenvalue weighted by Gasteiger charge is -2.15. The molecule has 0 aliphatic rings. The molecule has 1 atom stereocenters. The first-order valence-corrected chi connectivity index (χ1v) is 5.56. The Kier molecular flexibility index (Phi) is 3.20. The standard InChI is InChI=1S/C12H15N3O3/c1-15(2)11(16)6-8(13)7-3-4-10-9(5-7)14-12(17)18-10/h3-5,8H,6,13H2,1-2H3,(H,14,17). The quantitative estimate of drug-likeness (QED) is 0.833. The molecule has 0 radical (unpaired) electrons. The van der Waals surface area contributed by atoms with Gasteiger partial charge in [-0.3, -0.25) is 9.78 Å². The predicted molar refractivity (Wildman–Crippen MR) is 67.1 cm³/mol. The third kappa shape index (κ3) is 2.43. The highest BCUT2D eigenvalue weighted by Gasteiger charge is 2.14. The van der Waals surface area contributed by atoms with Gasteiger partial charge in [-0.2, -0.15) is 0 Å². The average molecular weight is 249 g/mol. The summed E-state index contributed by atoms with van der Waals surface area (Å²) in [5.41, 5.74) is 7.82. The summed E-state index contributed by atoms with van der Waals surface area (Å²) in [5, 5.41) is 0. The fourth-order valence-corrected chi connectivity index (χ4v) is 1.69. The van der Waals surface area contributed by atoms with E-state index in [-0.39, 0.29) is 12.3 Å². The van der Waals surface area contributed by atoms with Gasteiger partial charge < -0.3 is 15.1 Å². The number of benzene rings is 1. The zero-order chi connectivity index (χ0) is 13.3. The van der Waals surface area contributed by atoms with E-state index >= 15 is 0 Å². The number of fused-ring (bicyclic) bond motifs is 1. The van der Waals surface area contributed by atoms with E-state index in [1.165, 1.54) is 4.90 Å². The molecule has 2 aromatic rings. The Balaban J connectivity index is 2.24. The van der Waals surface area contributed by atoms with E-state index in [4.69, 9.17) is 10.2 Å². The molecule has 1 unspecified atom stereocenters. The molecule has 1 amide bonds. The number of carbonyl (C=O) groups is 1. The van der Waals surface area contributed by atoms with Crippen LogP contribution in [-0.2, 0) is 4.79 Å². The van der Waals surface area contributed by atoms with Crippen molar-refractivity contribution in [1.82, 2.24) is 9.88 Å². The highest BCUT2D eigenvalue weighted by Crippen LogP contribution is 2.19. The number of aromatic amines is 1. The smallest absolute Gasteiger partial charge is 0.408 e. The third-order valence-electron chi connectivity index (χ3n) is 2.76. The van der Waals surface area contributed by atoms with E-state index < -0.39 is 11.8 Å². The fraction of sp³-hybridized carbons (Fsp3) is 0.333. The van der Waals surface area contributed by atoms with Crippen molar-refractivity contribution in [3.05, 3.63) is 34.3 Å². The number of oxazole rings is 1. The van der Waals surface area contributed by atoms with Crippen molar-refractivity contribution < 1.29 is 9.21 Å². The highest BCUT2D eigenvalue weighted by atomic mass is 16.4. The maximum atomic E-state index is 11.6. The van der Waals surface area contributed by atoms with Crippen molar-refractivity contribution in [2.45, 2.75) is 12.5 Å². The molecular weight excluding hydrogens is 234 g/mol. The number of hydrogen-bond donors (Lipinski definition) is 2. The van der Waals surface area contributed by atoms with Crippen LogP contribution in [0.15, 0.2) is 27.4 Å². The van der Waals surface area contributed by atoms with Crippen molar-refractivity contribution in [3.63, 3.8) is 0 Å². The molecule has 1 aromatic heterocycles. The van der Waals surface area contributed by atoms with Gasteiger partial charge in [-0.05, 0) is 17.7 Å². The van der Waals surface area contributed by atoms with Crippen LogP contribution < -0.4 is 11.5 Å². The molecule has 0 saturated heterocycles. The summed E-state index contributed by atoms with van der Waals surface area (Å²) in [5.74, 6) is -0.539. The Labute approximate surface area is 103 Å². The number of nitrogens with one attached hydrogen (secondary N) is 1. The Morgan fingerprint density at radius 3 is 2.89 bits per heavy atom. The van der Waals surface area contributed by atoms with Gasteiger partial charge in [0.1, 0.15) is 0 Å². The maximum Gasteiger partial charge on any atom is 0.417 e. The van der Waals surface area contributed by atoms with E-state index in [2.05, 4.69) is 4.98 Å². The third-order valence-corrected chi connectivity index (χ3v) is 2.76. The number of nitrogens with two attached hydrogens (primary N) is 1. The number of aromatic nitrogens is 1. The van der Waals surface area contributed by atoms with Crippen LogP contribution in [-0.4, -0.2) is 29.9 Å². The van der Waals surface area contributed by atoms with Gasteiger partial charge in [0.2, 0.25) is 5.91 Å². The number of carbonyl (C=O) groups excluding carboxylic acids is 1. The summed E-state index contributed by atoms with van der Waals surface area (Å²) in [7, 11) is 3.37. The lowest BCUT2D eigenvalue weighted by Crippen LogP contribution is -2.26. The van der Waals surface area contributed by atoms with Crippen LogP contribution in [0, 0.1) is 0 Å². The first-order chi connectivity index (χ1) is 8.47. The van der Waals surface area contributed by atoms with Crippen LogP contribution in [0.1, 0.15) is 18.0 Å². The highest BCUT2D eigenvalue weighted by molar-refractivity contribution is 5.77. The molecule has 1 heterocycles. The average Bonchev–Trinajstić information content (AvgIpc) is 2.67. The Hall–Kier alpha value is -2.08. The number of H-pyrrole nitrogens is 1. The molecule has 0 saturated carbocycles. The second-order valence-corrected chi connectivity index (χ2v) is 4.37. The minimum Gasteiger partial charge on any atom is -0.408 e. The number of hydrogen-bond acceptors (Lipinski definition) is 4. The summed E-state index contributed by atoms with van der Waals surface area (Å²) in [4.78, 5) is 26.6. The van der Waals surface area contributed by atoms with E-state index in [0.29, 0.717) is 11.1 Å². The topological polar surface area (TPSA) is 92.3 Å². The zero-order valence-electron chi connectivity index (χ0n) is 10.3. The van der Waals surface area contributed by atoms with Gasteiger partial charge in [0.25, 0.3) is 0 Å². The zero-order valence-corrected chi connectivity index (χ0v) is 10.3. The van der Waals surface area contributed by atoms with Crippen molar-refractivity contribution in [2.24, 2.45) is 5.73 Å². The summed E-state index contributed by atoms with van der Waals surface area (Å²) in [6.07, 6.45) is 0.223. The Morgan fingerprint density at radius 2 is 2.22 bits per heavy atom. The van der Waals surface area contributed by atoms with Crippen LogP contribution in [0.25, 0.3) is 11.1 Å². The largest absolute Gasteiger partial charge is 0.417 e. The van der Waals surface area contributed by atoms with Crippen molar-refractivity contribution in [3.8, 4) is 0 Å². The van der Waals surface area contributed by atoms with Crippen molar-refractivity contribution >= 4 is 17.0 Å². The molecule has 6 heteroatoms. The maximum absolute atomic E-state index is 11.6. The van der Waals surface area contributed by atoms with Gasteiger partial charge in [0.05, 0.1) is 5.52 Å². The molecule has 3 N–H and O–H groups in total. The molecule has 18 heavy (non-hydrogen) atoms. The monoisotopic (exact) mass is 249 g/mol. The van der Waals surface area contributed by atoms with E-state index in [0.717, 1.165) is 5.56 Å². The van der Waals surface area contributed by atoms with Crippen LogP contribution in [0.3, 0.4) is 0 Å². The Morgan fingerprint density at radius 1 is 1.50 bits per heavy atom. The van der Waals surface area contributed by atoms with Crippen LogP contribution in [0.4, 0.5) is 0 Å². The molecule has 0 aliphatic carbocycles. The van der Waals surface area contributed by atoms with Crippen molar-refractivity contribution in [1.29, 1.82) is 0 Å². The van der Waals surface area contributed by atoms with E-state index in [9.17, 15) is 9.59 Å². The molecule has 0 bridgehead atoms. The first-order valence-electron chi connectivity index (χ1n) is 5.56. The summed E-state index contributed by atoms with van der Waals surface area (Å²) < 4.78 is 4.89. The molecule has 0 fully saturated rings. The fourth-order valence-electron chi connectivity index (χ4n) is 1.69. The lowest BCUT2D eigenvalue weighted by molar-refractivity contribution is -0.129. The van der Waals surface area contributed by atoms with E-state index in [1.807, 2.05) is 0 Å². The molecule has 0 aliphatic heterocycles. The number of amides is 1. The molecule has 2 rings (SSSR count). The summed E-state index contributed by atoms with van der Waals surface area (Å²) >= 11 is 0. The minimum absolute atomic E-state index is 0.0386. The SMILES string of the molecule is CN(C)C(=O)CC(N)c1ccc2oc(=O)[nH]c2c1. The Bertz CT molecular complexity index is 627. The predicted octanol–water partition coefficient (Wildman–Crippen LogP) is 0.599. The van der Waals surface area contributed by atoms with Gasteiger partial charge >= 0.3 is 5.76 Å². The van der Waals surface area contributed by atoms with Gasteiger partial charge in [0.15, 0.2) is 5.58 Å². The van der Waals surface area contributed by atoms with E-state index in [1.54, 1.807) is 32.3 Å². The second kappa shape index (κ2) is 4.66.